The summed E-state index contributed by atoms with van der Waals surface area (Å²) in [7, 11) is 2.14. The zero-order valence-electron chi connectivity index (χ0n) is 8.36. The van der Waals surface area contributed by atoms with Gasteiger partial charge in [-0.05, 0) is 25.3 Å². The number of rotatable bonds is 2. The second kappa shape index (κ2) is 4.42. The predicted octanol–water partition coefficient (Wildman–Crippen LogP) is 1.98. The van der Waals surface area contributed by atoms with Crippen molar-refractivity contribution in [2.45, 2.75) is 11.4 Å². The van der Waals surface area contributed by atoms with E-state index in [1.165, 1.54) is 17.3 Å². The second-order valence-corrected chi connectivity index (χ2v) is 4.70. The Labute approximate surface area is 92.5 Å². The van der Waals surface area contributed by atoms with Crippen molar-refractivity contribution >= 4 is 29.1 Å². The summed E-state index contributed by atoms with van der Waals surface area (Å²) in [5.41, 5.74) is 2.42. The van der Waals surface area contributed by atoms with Crippen molar-refractivity contribution in [1.82, 2.24) is 13.6 Å². The van der Waals surface area contributed by atoms with Gasteiger partial charge in [0.1, 0.15) is 10.7 Å². The Morgan fingerprint density at radius 2 is 2.36 bits per heavy atom. The molecule has 0 bridgehead atoms. The largest absolute Gasteiger partial charge is 0.302 e. The zero-order chi connectivity index (χ0) is 9.97. The average Bonchev–Trinajstić information content (AvgIpc) is 2.65. The van der Waals surface area contributed by atoms with Gasteiger partial charge in [-0.15, -0.1) is 11.8 Å². The van der Waals surface area contributed by atoms with Crippen LogP contribution < -0.4 is 0 Å². The van der Waals surface area contributed by atoms with Gasteiger partial charge in [-0.2, -0.15) is 8.75 Å². The fraction of sp³-hybridized carbons (Fsp3) is 0.556. The molecule has 0 unspecified atom stereocenters. The van der Waals surface area contributed by atoms with Crippen LogP contribution in [0.2, 0.25) is 0 Å². The first-order valence-electron chi connectivity index (χ1n) is 4.55. The number of aromatic nitrogens is 2. The molecule has 3 nitrogen and oxygen atoms in total. The number of thioether (sulfide) groups is 1. The molecule has 76 valence electrons. The minimum Gasteiger partial charge on any atom is -0.302 e. The van der Waals surface area contributed by atoms with E-state index >= 15 is 0 Å². The third kappa shape index (κ3) is 1.99. The molecule has 14 heavy (non-hydrogen) atoms. The van der Waals surface area contributed by atoms with E-state index in [1.54, 1.807) is 11.8 Å². The molecule has 0 atom stereocenters. The van der Waals surface area contributed by atoms with Gasteiger partial charge in [0, 0.05) is 13.1 Å². The summed E-state index contributed by atoms with van der Waals surface area (Å²) < 4.78 is 8.63. The topological polar surface area (TPSA) is 29.0 Å². The van der Waals surface area contributed by atoms with Gasteiger partial charge in [0.05, 0.1) is 11.7 Å². The van der Waals surface area contributed by atoms with Gasteiger partial charge in [-0.1, -0.05) is 6.08 Å². The highest BCUT2D eigenvalue weighted by Crippen LogP contribution is 2.26. The van der Waals surface area contributed by atoms with Crippen LogP contribution in [-0.4, -0.2) is 40.0 Å². The van der Waals surface area contributed by atoms with Gasteiger partial charge < -0.3 is 4.90 Å². The van der Waals surface area contributed by atoms with Crippen molar-refractivity contribution in [3.8, 4) is 0 Å². The molecule has 0 N–H and O–H groups in total. The maximum Gasteiger partial charge on any atom is 0.137 e. The molecule has 0 amide bonds. The Balaban J connectivity index is 2.26. The van der Waals surface area contributed by atoms with Gasteiger partial charge >= 0.3 is 0 Å². The van der Waals surface area contributed by atoms with Crippen LogP contribution >= 0.6 is 23.5 Å². The van der Waals surface area contributed by atoms with E-state index < -0.39 is 0 Å². The SMILES string of the molecule is CSc1nsnc1C1=CCCN(C)C1. The number of hydrogen-bond acceptors (Lipinski definition) is 5. The third-order valence-corrected chi connectivity index (χ3v) is 3.61. The highest BCUT2D eigenvalue weighted by molar-refractivity contribution is 7.98. The molecule has 0 saturated heterocycles. The van der Waals surface area contributed by atoms with E-state index in [0.29, 0.717) is 0 Å². The first kappa shape index (κ1) is 10.1. The lowest BCUT2D eigenvalue weighted by molar-refractivity contribution is 0.372. The van der Waals surface area contributed by atoms with Gasteiger partial charge in [0.2, 0.25) is 0 Å². The Hall–Kier alpha value is -0.390. The first-order chi connectivity index (χ1) is 6.81. The number of hydrogen-bond donors (Lipinski definition) is 0. The molecular weight excluding hydrogens is 214 g/mol. The normalized spacial score (nSPS) is 18.3. The zero-order valence-corrected chi connectivity index (χ0v) is 9.99. The molecule has 0 saturated carbocycles. The maximum atomic E-state index is 4.36. The molecular formula is C9H13N3S2. The number of likely N-dealkylation sites (N-methyl/N-ethyl adjacent to an activating group) is 1. The summed E-state index contributed by atoms with van der Waals surface area (Å²) in [6.45, 7) is 2.15. The Kier molecular flexibility index (Phi) is 3.20. The second-order valence-electron chi connectivity index (χ2n) is 3.38. The lowest BCUT2D eigenvalue weighted by Crippen LogP contribution is -2.25. The summed E-state index contributed by atoms with van der Waals surface area (Å²) in [5.74, 6) is 0. The Morgan fingerprint density at radius 1 is 1.50 bits per heavy atom. The van der Waals surface area contributed by atoms with Gasteiger partial charge in [0.25, 0.3) is 0 Å². The lowest BCUT2D eigenvalue weighted by atomic mass is 10.1. The molecule has 0 fully saturated rings. The summed E-state index contributed by atoms with van der Waals surface area (Å²) in [5, 5.41) is 1.07. The van der Waals surface area contributed by atoms with Crippen molar-refractivity contribution in [3.05, 3.63) is 11.8 Å². The van der Waals surface area contributed by atoms with Crippen molar-refractivity contribution in [3.63, 3.8) is 0 Å². The van der Waals surface area contributed by atoms with Crippen LogP contribution in [0.25, 0.3) is 5.57 Å². The summed E-state index contributed by atoms with van der Waals surface area (Å²) in [6.07, 6.45) is 5.46. The van der Waals surface area contributed by atoms with Gasteiger partial charge in [-0.3, -0.25) is 0 Å². The van der Waals surface area contributed by atoms with Crippen LogP contribution in [0.15, 0.2) is 11.1 Å². The van der Waals surface area contributed by atoms with E-state index in [9.17, 15) is 0 Å². The number of nitrogens with zero attached hydrogens (tertiary/aromatic N) is 3. The van der Waals surface area contributed by atoms with E-state index in [-0.39, 0.29) is 0 Å². The molecule has 2 rings (SSSR count). The monoisotopic (exact) mass is 227 g/mol. The van der Waals surface area contributed by atoms with Crippen LogP contribution in [0.3, 0.4) is 0 Å². The smallest absolute Gasteiger partial charge is 0.137 e. The van der Waals surface area contributed by atoms with Gasteiger partial charge in [-0.25, -0.2) is 0 Å². The Bertz CT molecular complexity index is 346. The highest BCUT2D eigenvalue weighted by Gasteiger charge is 2.16. The van der Waals surface area contributed by atoms with Gasteiger partial charge in [0.15, 0.2) is 0 Å². The van der Waals surface area contributed by atoms with Crippen molar-refractivity contribution in [2.24, 2.45) is 0 Å². The fourth-order valence-electron chi connectivity index (χ4n) is 1.58. The van der Waals surface area contributed by atoms with Crippen molar-refractivity contribution < 1.29 is 0 Å². The lowest BCUT2D eigenvalue weighted by Gasteiger charge is -2.21. The van der Waals surface area contributed by atoms with Crippen LogP contribution in [0.4, 0.5) is 0 Å². The molecule has 1 aromatic rings. The van der Waals surface area contributed by atoms with E-state index in [2.05, 4.69) is 26.8 Å². The van der Waals surface area contributed by atoms with Crippen LogP contribution in [-0.2, 0) is 0 Å². The molecule has 0 aromatic carbocycles. The molecule has 5 heteroatoms. The minimum atomic E-state index is 0.999. The molecule has 1 aromatic heterocycles. The van der Waals surface area contributed by atoms with E-state index in [0.717, 1.165) is 30.2 Å². The highest BCUT2D eigenvalue weighted by atomic mass is 32.2. The van der Waals surface area contributed by atoms with E-state index in [1.807, 2.05) is 6.26 Å². The molecule has 0 spiro atoms. The van der Waals surface area contributed by atoms with Crippen molar-refractivity contribution in [2.75, 3.05) is 26.4 Å². The minimum absolute atomic E-state index is 0.999. The quantitative estimate of drug-likeness (QED) is 0.722. The average molecular weight is 227 g/mol. The summed E-state index contributed by atoms with van der Waals surface area (Å²) >= 11 is 2.98. The van der Waals surface area contributed by atoms with Crippen LogP contribution in [0, 0.1) is 0 Å². The molecule has 2 heterocycles. The van der Waals surface area contributed by atoms with Crippen molar-refractivity contribution in [1.29, 1.82) is 0 Å². The first-order valence-corrected chi connectivity index (χ1v) is 6.51. The predicted molar refractivity (Wildman–Crippen MR) is 61.8 cm³/mol. The molecule has 0 radical (unpaired) electrons. The van der Waals surface area contributed by atoms with Crippen LogP contribution in [0.5, 0.6) is 0 Å². The third-order valence-electron chi connectivity index (χ3n) is 2.30. The summed E-state index contributed by atoms with van der Waals surface area (Å²) in [6, 6.07) is 0. The van der Waals surface area contributed by atoms with E-state index in [4.69, 9.17) is 0 Å². The standard InChI is InChI=1S/C9H13N3S2/c1-12-5-3-4-7(6-12)8-9(13-2)11-14-10-8/h4H,3,5-6H2,1-2H3. The summed E-state index contributed by atoms with van der Waals surface area (Å²) in [4.78, 5) is 2.32. The molecule has 0 aliphatic carbocycles. The Morgan fingerprint density at radius 3 is 3.07 bits per heavy atom. The maximum absolute atomic E-state index is 4.36. The fourth-order valence-corrected chi connectivity index (χ4v) is 2.89. The molecule has 1 aliphatic rings. The van der Waals surface area contributed by atoms with Crippen LogP contribution in [0.1, 0.15) is 12.1 Å². The molecule has 1 aliphatic heterocycles.